The van der Waals surface area contributed by atoms with Crippen molar-refractivity contribution < 1.29 is 9.90 Å². The number of carboxylic acid groups (broad SMARTS) is 1. The molecule has 8 nitrogen and oxygen atoms in total. The molecule has 2 heterocycles. The summed E-state index contributed by atoms with van der Waals surface area (Å²) in [5.74, 6) is -0.606. The summed E-state index contributed by atoms with van der Waals surface area (Å²) in [6.07, 6.45) is 5.05. The van der Waals surface area contributed by atoms with Crippen LogP contribution in [0.3, 0.4) is 0 Å². The fourth-order valence-electron chi connectivity index (χ4n) is 1.83. The molecule has 102 valence electrons. The Morgan fingerprint density at radius 1 is 1.37 bits per heavy atom. The molecule has 0 bridgehead atoms. The molecule has 1 unspecified atom stereocenters. The standard InChI is InChI=1S/C11H16N6O2/c12-7(11(18)19)3-1-2-4-17-6-16-8-9(13)14-5-15-10(8)17/h5-7H,1-4,12H2,(H,18,19)(H2,13,14,15). The first-order chi connectivity index (χ1) is 9.09. The Bertz CT molecular complexity index is 582. The predicted octanol–water partition coefficient (Wildman–Crippen LogP) is -0.00930. The normalized spacial score (nSPS) is 12.7. The Morgan fingerprint density at radius 2 is 2.16 bits per heavy atom. The highest BCUT2D eigenvalue weighted by Crippen LogP contribution is 2.15. The number of carbonyl (C=O) groups is 1. The number of nitrogens with zero attached hydrogens (tertiary/aromatic N) is 4. The molecule has 0 amide bonds. The molecule has 19 heavy (non-hydrogen) atoms. The van der Waals surface area contributed by atoms with Crippen molar-refractivity contribution in [2.24, 2.45) is 5.73 Å². The van der Waals surface area contributed by atoms with Gasteiger partial charge in [0, 0.05) is 6.54 Å². The maximum absolute atomic E-state index is 10.6. The Kier molecular flexibility index (Phi) is 3.91. The van der Waals surface area contributed by atoms with Crippen molar-refractivity contribution in [3.05, 3.63) is 12.7 Å². The van der Waals surface area contributed by atoms with Gasteiger partial charge in [0.1, 0.15) is 17.9 Å². The highest BCUT2D eigenvalue weighted by Gasteiger charge is 2.11. The second-order valence-corrected chi connectivity index (χ2v) is 4.31. The summed E-state index contributed by atoms with van der Waals surface area (Å²) in [5, 5.41) is 8.67. The van der Waals surface area contributed by atoms with Gasteiger partial charge in [0.2, 0.25) is 0 Å². The Morgan fingerprint density at radius 3 is 2.89 bits per heavy atom. The van der Waals surface area contributed by atoms with Gasteiger partial charge in [-0.25, -0.2) is 15.0 Å². The largest absolute Gasteiger partial charge is 0.480 e. The molecule has 8 heteroatoms. The lowest BCUT2D eigenvalue weighted by Crippen LogP contribution is -2.29. The second kappa shape index (κ2) is 5.61. The van der Waals surface area contributed by atoms with E-state index in [4.69, 9.17) is 16.6 Å². The number of nitrogens with two attached hydrogens (primary N) is 2. The van der Waals surface area contributed by atoms with Crippen molar-refractivity contribution in [2.75, 3.05) is 5.73 Å². The molecular formula is C11H16N6O2. The molecule has 1 atom stereocenters. The average Bonchev–Trinajstić information content (AvgIpc) is 2.79. The zero-order chi connectivity index (χ0) is 13.8. The summed E-state index contributed by atoms with van der Waals surface area (Å²) in [4.78, 5) is 22.7. The Hall–Kier alpha value is -2.22. The van der Waals surface area contributed by atoms with E-state index in [1.165, 1.54) is 6.33 Å². The van der Waals surface area contributed by atoms with Crippen LogP contribution in [-0.2, 0) is 11.3 Å². The first kappa shape index (κ1) is 13.2. The highest BCUT2D eigenvalue weighted by atomic mass is 16.4. The van der Waals surface area contributed by atoms with Gasteiger partial charge >= 0.3 is 5.97 Å². The van der Waals surface area contributed by atoms with E-state index in [-0.39, 0.29) is 0 Å². The molecule has 0 aliphatic heterocycles. The number of carboxylic acids is 1. The molecule has 2 aromatic rings. The van der Waals surface area contributed by atoms with Crippen molar-refractivity contribution in [1.29, 1.82) is 0 Å². The van der Waals surface area contributed by atoms with E-state index in [9.17, 15) is 4.79 Å². The summed E-state index contributed by atoms with van der Waals surface area (Å²) in [6.45, 7) is 0.694. The molecule has 0 fully saturated rings. The minimum atomic E-state index is -0.964. The Balaban J connectivity index is 1.92. The zero-order valence-corrected chi connectivity index (χ0v) is 10.4. The molecule has 0 aliphatic carbocycles. The van der Waals surface area contributed by atoms with E-state index in [1.54, 1.807) is 6.33 Å². The number of rotatable bonds is 6. The van der Waals surface area contributed by atoms with E-state index < -0.39 is 12.0 Å². The fourth-order valence-corrected chi connectivity index (χ4v) is 1.83. The summed E-state index contributed by atoms with van der Waals surface area (Å²) in [6, 6.07) is -0.794. The lowest BCUT2D eigenvalue weighted by Gasteiger charge is -2.06. The van der Waals surface area contributed by atoms with Crippen LogP contribution in [-0.4, -0.2) is 36.6 Å². The molecule has 2 aromatic heterocycles. The van der Waals surface area contributed by atoms with E-state index >= 15 is 0 Å². The van der Waals surface area contributed by atoms with Crippen LogP contribution in [0.5, 0.6) is 0 Å². The van der Waals surface area contributed by atoms with E-state index in [2.05, 4.69) is 15.0 Å². The predicted molar refractivity (Wildman–Crippen MR) is 69.2 cm³/mol. The van der Waals surface area contributed by atoms with Crippen LogP contribution in [0, 0.1) is 0 Å². The SMILES string of the molecule is Nc1ncnc2c1ncn2CCCCC(N)C(=O)O. The van der Waals surface area contributed by atoms with Crippen molar-refractivity contribution in [3.8, 4) is 0 Å². The second-order valence-electron chi connectivity index (χ2n) is 4.31. The summed E-state index contributed by atoms with van der Waals surface area (Å²) in [7, 11) is 0. The number of nitrogen functional groups attached to an aromatic ring is 1. The molecule has 0 saturated heterocycles. The van der Waals surface area contributed by atoms with Gasteiger partial charge in [-0.2, -0.15) is 0 Å². The number of anilines is 1. The molecule has 0 aliphatic rings. The molecular weight excluding hydrogens is 248 g/mol. The topological polar surface area (TPSA) is 133 Å². The summed E-state index contributed by atoms with van der Waals surface area (Å²) >= 11 is 0. The van der Waals surface area contributed by atoms with Crippen LogP contribution in [0.25, 0.3) is 11.2 Å². The van der Waals surface area contributed by atoms with Gasteiger partial charge < -0.3 is 21.1 Å². The average molecular weight is 264 g/mol. The summed E-state index contributed by atoms with van der Waals surface area (Å²) < 4.78 is 1.87. The third kappa shape index (κ3) is 2.97. The number of aliphatic carboxylic acids is 1. The number of aromatic nitrogens is 4. The molecule has 0 saturated carbocycles. The maximum atomic E-state index is 10.6. The smallest absolute Gasteiger partial charge is 0.320 e. The van der Waals surface area contributed by atoms with Gasteiger partial charge in [-0.05, 0) is 19.3 Å². The van der Waals surface area contributed by atoms with Crippen LogP contribution < -0.4 is 11.5 Å². The summed E-state index contributed by atoms with van der Waals surface area (Å²) in [5.41, 5.74) is 12.4. The third-order valence-electron chi connectivity index (χ3n) is 2.91. The number of hydrogen-bond donors (Lipinski definition) is 3. The van der Waals surface area contributed by atoms with Crippen LogP contribution in [0.2, 0.25) is 0 Å². The Labute approximate surface area is 109 Å². The van der Waals surface area contributed by atoms with E-state index in [1.807, 2.05) is 4.57 Å². The quantitative estimate of drug-likeness (QED) is 0.625. The molecule has 2 rings (SSSR count). The van der Waals surface area contributed by atoms with Gasteiger partial charge in [0.25, 0.3) is 0 Å². The van der Waals surface area contributed by atoms with Crippen molar-refractivity contribution in [1.82, 2.24) is 19.5 Å². The first-order valence-corrected chi connectivity index (χ1v) is 5.99. The van der Waals surface area contributed by atoms with Crippen molar-refractivity contribution >= 4 is 23.0 Å². The molecule has 5 N–H and O–H groups in total. The fraction of sp³-hybridized carbons (Fsp3) is 0.455. The molecule has 0 radical (unpaired) electrons. The molecule has 0 aromatic carbocycles. The number of unbranched alkanes of at least 4 members (excludes halogenated alkanes) is 1. The van der Waals surface area contributed by atoms with E-state index in [0.29, 0.717) is 29.9 Å². The molecule has 0 spiro atoms. The monoisotopic (exact) mass is 264 g/mol. The number of aryl methyl sites for hydroxylation is 1. The third-order valence-corrected chi connectivity index (χ3v) is 2.91. The van der Waals surface area contributed by atoms with Crippen molar-refractivity contribution in [3.63, 3.8) is 0 Å². The highest BCUT2D eigenvalue weighted by molar-refractivity contribution is 5.81. The van der Waals surface area contributed by atoms with Gasteiger partial charge in [0.05, 0.1) is 6.33 Å². The van der Waals surface area contributed by atoms with Crippen molar-refractivity contribution in [2.45, 2.75) is 31.8 Å². The van der Waals surface area contributed by atoms with Crippen LogP contribution in [0.15, 0.2) is 12.7 Å². The number of fused-ring (bicyclic) bond motifs is 1. The van der Waals surface area contributed by atoms with Gasteiger partial charge in [-0.3, -0.25) is 4.79 Å². The van der Waals surface area contributed by atoms with Crippen LogP contribution in [0.4, 0.5) is 5.82 Å². The van der Waals surface area contributed by atoms with Crippen LogP contribution in [0.1, 0.15) is 19.3 Å². The zero-order valence-electron chi connectivity index (χ0n) is 10.4. The lowest BCUT2D eigenvalue weighted by atomic mass is 10.1. The van der Waals surface area contributed by atoms with Gasteiger partial charge in [-0.15, -0.1) is 0 Å². The van der Waals surface area contributed by atoms with Gasteiger partial charge in [0.15, 0.2) is 11.5 Å². The minimum Gasteiger partial charge on any atom is -0.480 e. The van der Waals surface area contributed by atoms with E-state index in [0.717, 1.165) is 12.8 Å². The number of imidazole rings is 1. The lowest BCUT2D eigenvalue weighted by molar-refractivity contribution is -0.138. The van der Waals surface area contributed by atoms with Gasteiger partial charge in [-0.1, -0.05) is 0 Å². The first-order valence-electron chi connectivity index (χ1n) is 5.99. The maximum Gasteiger partial charge on any atom is 0.320 e. The van der Waals surface area contributed by atoms with Crippen LogP contribution >= 0.6 is 0 Å². The minimum absolute atomic E-state index is 0.358. The number of hydrogen-bond acceptors (Lipinski definition) is 6.